The van der Waals surface area contributed by atoms with Gasteiger partial charge in [0, 0.05) is 22.3 Å². The topological polar surface area (TPSA) is 90.3 Å². The van der Waals surface area contributed by atoms with Gasteiger partial charge in [0.25, 0.3) is 5.56 Å². The number of nitrogens with one attached hydrogen (secondary N) is 1. The van der Waals surface area contributed by atoms with E-state index in [-0.39, 0.29) is 23.8 Å². The molecule has 0 atom stereocenters. The van der Waals surface area contributed by atoms with Gasteiger partial charge in [-0.2, -0.15) is 0 Å². The Bertz CT molecular complexity index is 1060. The third-order valence-corrected chi connectivity index (χ3v) is 5.06. The van der Waals surface area contributed by atoms with Crippen LogP contribution in [0.3, 0.4) is 0 Å². The Morgan fingerprint density at radius 3 is 2.68 bits per heavy atom. The lowest BCUT2D eigenvalue weighted by Gasteiger charge is -2.05. The average molecular weight is 462 g/mol. The molecule has 0 aliphatic heterocycles. The van der Waals surface area contributed by atoms with Gasteiger partial charge in [-0.15, -0.1) is 0 Å². The summed E-state index contributed by atoms with van der Waals surface area (Å²) in [5, 5.41) is 2.91. The molecule has 144 valence electrons. The highest BCUT2D eigenvalue weighted by Crippen LogP contribution is 2.31. The van der Waals surface area contributed by atoms with Gasteiger partial charge in [0.15, 0.2) is 5.13 Å². The van der Waals surface area contributed by atoms with Crippen molar-refractivity contribution >= 4 is 44.3 Å². The molecule has 0 aliphatic rings. The summed E-state index contributed by atoms with van der Waals surface area (Å²) in [4.78, 5) is 41.2. The predicted molar refractivity (Wildman–Crippen MR) is 111 cm³/mol. The SMILES string of the molecule is CCOC(=O)c1sc(NC(=O)Cn2cc(Br)ccc2=O)nc1-c1ccccc1. The smallest absolute Gasteiger partial charge is 0.350 e. The molecule has 0 unspecified atom stereocenters. The minimum Gasteiger partial charge on any atom is -0.462 e. The zero-order valence-electron chi connectivity index (χ0n) is 14.8. The van der Waals surface area contributed by atoms with Crippen LogP contribution in [0.15, 0.2) is 57.9 Å². The highest BCUT2D eigenvalue weighted by molar-refractivity contribution is 9.10. The molecule has 0 saturated carbocycles. The molecule has 3 aromatic rings. The zero-order chi connectivity index (χ0) is 20.1. The standard InChI is InChI=1S/C19H16BrN3O4S/c1-2-27-18(26)17-16(12-6-4-3-5-7-12)22-19(28-17)21-14(24)11-23-10-13(20)8-9-15(23)25/h3-10H,2,11H2,1H3,(H,21,22,24). The summed E-state index contributed by atoms with van der Waals surface area (Å²) in [5.41, 5.74) is 0.888. The molecule has 2 aromatic heterocycles. The van der Waals surface area contributed by atoms with Crippen molar-refractivity contribution < 1.29 is 14.3 Å². The summed E-state index contributed by atoms with van der Waals surface area (Å²) in [6.45, 7) is 1.78. The Morgan fingerprint density at radius 2 is 1.96 bits per heavy atom. The van der Waals surface area contributed by atoms with Crippen molar-refractivity contribution in [2.45, 2.75) is 13.5 Å². The number of anilines is 1. The lowest BCUT2D eigenvalue weighted by Crippen LogP contribution is -2.26. The van der Waals surface area contributed by atoms with Crippen LogP contribution in [0.25, 0.3) is 11.3 Å². The van der Waals surface area contributed by atoms with Gasteiger partial charge in [-0.3, -0.25) is 9.59 Å². The van der Waals surface area contributed by atoms with E-state index < -0.39 is 11.9 Å². The van der Waals surface area contributed by atoms with Crippen LogP contribution in [0.2, 0.25) is 0 Å². The van der Waals surface area contributed by atoms with Crippen LogP contribution in [0.4, 0.5) is 5.13 Å². The first-order chi connectivity index (χ1) is 13.5. The Kier molecular flexibility index (Phi) is 6.37. The Labute approximate surface area is 173 Å². The fraction of sp³-hybridized carbons (Fsp3) is 0.158. The van der Waals surface area contributed by atoms with Gasteiger partial charge >= 0.3 is 5.97 Å². The molecular weight excluding hydrogens is 446 g/mol. The van der Waals surface area contributed by atoms with Crippen LogP contribution in [0, 0.1) is 0 Å². The van der Waals surface area contributed by atoms with Gasteiger partial charge in [0.2, 0.25) is 5.91 Å². The molecule has 0 radical (unpaired) electrons. The van der Waals surface area contributed by atoms with Crippen LogP contribution >= 0.6 is 27.3 Å². The molecular formula is C19H16BrN3O4S. The largest absolute Gasteiger partial charge is 0.462 e. The minimum absolute atomic E-state index is 0.173. The number of hydrogen-bond acceptors (Lipinski definition) is 6. The Hall–Kier alpha value is -2.78. The molecule has 2 heterocycles. The summed E-state index contributed by atoms with van der Waals surface area (Å²) in [6.07, 6.45) is 1.53. The van der Waals surface area contributed by atoms with Gasteiger partial charge in [0.05, 0.1) is 12.3 Å². The van der Waals surface area contributed by atoms with Gasteiger partial charge in [-0.1, -0.05) is 41.7 Å². The first-order valence-corrected chi connectivity index (χ1v) is 9.98. The van der Waals surface area contributed by atoms with Crippen LogP contribution in [-0.4, -0.2) is 28.0 Å². The van der Waals surface area contributed by atoms with Crippen LogP contribution in [0.5, 0.6) is 0 Å². The number of hydrogen-bond donors (Lipinski definition) is 1. The highest BCUT2D eigenvalue weighted by Gasteiger charge is 2.21. The lowest BCUT2D eigenvalue weighted by atomic mass is 10.1. The summed E-state index contributed by atoms with van der Waals surface area (Å²) in [7, 11) is 0. The molecule has 0 bridgehead atoms. The minimum atomic E-state index is -0.498. The van der Waals surface area contributed by atoms with E-state index >= 15 is 0 Å². The third kappa shape index (κ3) is 4.73. The number of carbonyl (C=O) groups is 2. The molecule has 28 heavy (non-hydrogen) atoms. The van der Waals surface area contributed by atoms with E-state index in [2.05, 4.69) is 26.2 Å². The normalized spacial score (nSPS) is 10.5. The average Bonchev–Trinajstić information content (AvgIpc) is 3.09. The van der Waals surface area contributed by atoms with E-state index in [1.807, 2.05) is 30.3 Å². The van der Waals surface area contributed by atoms with Crippen LogP contribution in [0.1, 0.15) is 16.6 Å². The number of carbonyl (C=O) groups excluding carboxylic acids is 2. The molecule has 0 spiro atoms. The number of pyridine rings is 1. The Morgan fingerprint density at radius 1 is 1.21 bits per heavy atom. The Balaban J connectivity index is 1.86. The van der Waals surface area contributed by atoms with Crippen LogP contribution < -0.4 is 10.9 Å². The maximum Gasteiger partial charge on any atom is 0.350 e. The highest BCUT2D eigenvalue weighted by atomic mass is 79.9. The molecule has 1 aromatic carbocycles. The van der Waals surface area contributed by atoms with Gasteiger partial charge in [-0.25, -0.2) is 9.78 Å². The zero-order valence-corrected chi connectivity index (χ0v) is 17.2. The third-order valence-electron chi connectivity index (χ3n) is 3.64. The maximum absolute atomic E-state index is 12.4. The number of esters is 1. The lowest BCUT2D eigenvalue weighted by molar-refractivity contribution is -0.116. The number of amides is 1. The molecule has 0 saturated heterocycles. The van der Waals surface area contributed by atoms with Crippen molar-refractivity contribution in [3.05, 3.63) is 68.4 Å². The number of thiazole rings is 1. The first-order valence-electron chi connectivity index (χ1n) is 8.37. The van der Waals surface area contributed by atoms with Crippen molar-refractivity contribution in [3.8, 4) is 11.3 Å². The number of benzene rings is 1. The van der Waals surface area contributed by atoms with E-state index in [1.165, 1.54) is 16.8 Å². The van der Waals surface area contributed by atoms with Crippen molar-refractivity contribution in [2.24, 2.45) is 0 Å². The number of ether oxygens (including phenoxy) is 1. The van der Waals surface area contributed by atoms with Crippen molar-refractivity contribution in [2.75, 3.05) is 11.9 Å². The molecule has 1 amide bonds. The van der Waals surface area contributed by atoms with E-state index in [1.54, 1.807) is 13.0 Å². The number of halogens is 1. The maximum atomic E-state index is 12.4. The van der Waals surface area contributed by atoms with E-state index in [9.17, 15) is 14.4 Å². The van der Waals surface area contributed by atoms with E-state index in [0.29, 0.717) is 15.0 Å². The van der Waals surface area contributed by atoms with Gasteiger partial charge in [0.1, 0.15) is 11.4 Å². The van der Waals surface area contributed by atoms with Crippen LogP contribution in [-0.2, 0) is 16.1 Å². The monoisotopic (exact) mass is 461 g/mol. The molecule has 9 heteroatoms. The summed E-state index contributed by atoms with van der Waals surface area (Å²) in [6, 6.07) is 12.2. The number of nitrogens with zero attached hydrogens (tertiary/aromatic N) is 2. The first kappa shape index (κ1) is 20.0. The fourth-order valence-corrected chi connectivity index (χ4v) is 3.72. The quantitative estimate of drug-likeness (QED) is 0.566. The van der Waals surface area contributed by atoms with Crippen molar-refractivity contribution in [1.29, 1.82) is 0 Å². The van der Waals surface area contributed by atoms with E-state index in [4.69, 9.17) is 4.74 Å². The second kappa shape index (κ2) is 8.94. The molecule has 0 aliphatic carbocycles. The summed E-state index contributed by atoms with van der Waals surface area (Å²) in [5.74, 6) is -0.925. The summed E-state index contributed by atoms with van der Waals surface area (Å²) < 4.78 is 7.06. The molecule has 1 N–H and O–H groups in total. The molecule has 7 nitrogen and oxygen atoms in total. The van der Waals surface area contributed by atoms with Gasteiger partial charge < -0.3 is 14.6 Å². The second-order valence-corrected chi connectivity index (χ2v) is 7.56. The van der Waals surface area contributed by atoms with Gasteiger partial charge in [-0.05, 0) is 28.9 Å². The number of aromatic nitrogens is 2. The summed E-state index contributed by atoms with van der Waals surface area (Å²) >= 11 is 4.30. The number of rotatable bonds is 6. The fourth-order valence-electron chi connectivity index (χ4n) is 2.44. The predicted octanol–water partition coefficient (Wildman–Crippen LogP) is 3.55. The van der Waals surface area contributed by atoms with E-state index in [0.717, 1.165) is 16.9 Å². The molecule has 3 rings (SSSR count). The second-order valence-electron chi connectivity index (χ2n) is 5.64. The molecule has 0 fully saturated rings. The van der Waals surface area contributed by atoms with Crippen molar-refractivity contribution in [3.63, 3.8) is 0 Å². The van der Waals surface area contributed by atoms with Crippen molar-refractivity contribution in [1.82, 2.24) is 9.55 Å².